The highest BCUT2D eigenvalue weighted by Gasteiger charge is 2.36. The zero-order valence-corrected chi connectivity index (χ0v) is 9.40. The van der Waals surface area contributed by atoms with Crippen molar-refractivity contribution in [2.45, 2.75) is 12.0 Å². The molecule has 78 valence electrons. The second-order valence-electron chi connectivity index (χ2n) is 3.65. The van der Waals surface area contributed by atoms with Crippen molar-refractivity contribution >= 4 is 11.8 Å². The van der Waals surface area contributed by atoms with Gasteiger partial charge in [-0.1, -0.05) is 0 Å². The average Bonchev–Trinajstić information content (AvgIpc) is 2.63. The summed E-state index contributed by atoms with van der Waals surface area (Å²) in [5.74, 6) is 2.41. The molecule has 0 spiro atoms. The molecule has 1 heterocycles. The molecule has 1 unspecified atom stereocenters. The molecular formula is C9H20N2OS. The molecule has 2 N–H and O–H groups in total. The van der Waals surface area contributed by atoms with Crippen LogP contribution >= 0.6 is 11.8 Å². The summed E-state index contributed by atoms with van der Waals surface area (Å²) in [6, 6.07) is 0. The molecule has 1 saturated heterocycles. The molecule has 1 atom stereocenters. The Balaban J connectivity index is 2.44. The van der Waals surface area contributed by atoms with Gasteiger partial charge < -0.3 is 10.5 Å². The zero-order chi connectivity index (χ0) is 9.73. The molecule has 1 aliphatic heterocycles. The van der Waals surface area contributed by atoms with Crippen molar-refractivity contribution < 1.29 is 4.74 Å². The Labute approximate surface area is 85.0 Å². The molecule has 0 aliphatic carbocycles. The van der Waals surface area contributed by atoms with Gasteiger partial charge in [0, 0.05) is 31.5 Å². The Bertz CT molecular complexity index is 149. The van der Waals surface area contributed by atoms with Gasteiger partial charge in [-0.05, 0) is 19.2 Å². The number of methoxy groups -OCH3 is 1. The summed E-state index contributed by atoms with van der Waals surface area (Å²) in [6.45, 7) is 2.54. The molecule has 3 nitrogen and oxygen atoms in total. The molecule has 0 aromatic heterocycles. The maximum absolute atomic E-state index is 5.85. The van der Waals surface area contributed by atoms with Crippen LogP contribution in [-0.2, 0) is 4.74 Å². The Morgan fingerprint density at radius 2 is 2.38 bits per heavy atom. The Morgan fingerprint density at radius 1 is 1.62 bits per heavy atom. The maximum atomic E-state index is 5.85. The predicted octanol–water partition coefficient (Wildman–Crippen LogP) is 0.399. The molecule has 1 rings (SSSR count). The molecule has 0 aromatic rings. The third kappa shape index (κ3) is 2.59. The summed E-state index contributed by atoms with van der Waals surface area (Å²) in [7, 11) is 3.89. The Hall–Kier alpha value is 0.230. The van der Waals surface area contributed by atoms with Crippen LogP contribution in [-0.4, -0.2) is 55.8 Å². The van der Waals surface area contributed by atoms with Gasteiger partial charge in [0.15, 0.2) is 0 Å². The number of ether oxygens (including phenoxy) is 1. The predicted molar refractivity (Wildman–Crippen MR) is 58.2 cm³/mol. The van der Waals surface area contributed by atoms with Gasteiger partial charge in [-0.2, -0.15) is 11.8 Å². The SMILES string of the molecule is COCCN(C)C1(CN)CCSC1. The molecular weight excluding hydrogens is 184 g/mol. The molecule has 0 aromatic carbocycles. The van der Waals surface area contributed by atoms with Crippen molar-refractivity contribution in [1.29, 1.82) is 0 Å². The summed E-state index contributed by atoms with van der Waals surface area (Å²) < 4.78 is 5.07. The van der Waals surface area contributed by atoms with Crippen LogP contribution in [0.1, 0.15) is 6.42 Å². The lowest BCUT2D eigenvalue weighted by Gasteiger charge is -2.37. The number of likely N-dealkylation sites (N-methyl/N-ethyl adjacent to an activating group) is 1. The lowest BCUT2D eigenvalue weighted by Crippen LogP contribution is -2.53. The van der Waals surface area contributed by atoms with Crippen LogP contribution in [0.2, 0.25) is 0 Å². The van der Waals surface area contributed by atoms with E-state index < -0.39 is 0 Å². The standard InChI is InChI=1S/C9H20N2OS/c1-11(4-5-12-2)9(7-10)3-6-13-8-9/h3-8,10H2,1-2H3. The van der Waals surface area contributed by atoms with Crippen LogP contribution in [0.3, 0.4) is 0 Å². The average molecular weight is 204 g/mol. The molecule has 0 saturated carbocycles. The van der Waals surface area contributed by atoms with E-state index >= 15 is 0 Å². The van der Waals surface area contributed by atoms with E-state index in [1.807, 2.05) is 11.8 Å². The van der Waals surface area contributed by atoms with Gasteiger partial charge in [-0.3, -0.25) is 4.90 Å². The Morgan fingerprint density at radius 3 is 2.85 bits per heavy atom. The van der Waals surface area contributed by atoms with Gasteiger partial charge in [0.25, 0.3) is 0 Å². The van der Waals surface area contributed by atoms with Crippen LogP contribution in [0, 0.1) is 0 Å². The molecule has 4 heteroatoms. The normalized spacial score (nSPS) is 28.6. The first-order chi connectivity index (χ1) is 6.25. The van der Waals surface area contributed by atoms with Crippen molar-refractivity contribution in [2.24, 2.45) is 5.73 Å². The van der Waals surface area contributed by atoms with Crippen molar-refractivity contribution in [3.63, 3.8) is 0 Å². The van der Waals surface area contributed by atoms with Crippen molar-refractivity contribution in [3.05, 3.63) is 0 Å². The quantitative estimate of drug-likeness (QED) is 0.703. The molecule has 13 heavy (non-hydrogen) atoms. The summed E-state index contributed by atoms with van der Waals surface area (Å²) in [5.41, 5.74) is 6.08. The first kappa shape index (κ1) is 11.3. The summed E-state index contributed by atoms with van der Waals surface area (Å²) >= 11 is 2.00. The highest BCUT2D eigenvalue weighted by atomic mass is 32.2. The van der Waals surface area contributed by atoms with Crippen molar-refractivity contribution in [1.82, 2.24) is 4.90 Å². The number of nitrogens with zero attached hydrogens (tertiary/aromatic N) is 1. The smallest absolute Gasteiger partial charge is 0.0589 e. The topological polar surface area (TPSA) is 38.5 Å². The minimum atomic E-state index is 0.239. The van der Waals surface area contributed by atoms with E-state index in [4.69, 9.17) is 10.5 Å². The number of nitrogens with two attached hydrogens (primary N) is 1. The van der Waals surface area contributed by atoms with Gasteiger partial charge in [-0.25, -0.2) is 0 Å². The van der Waals surface area contributed by atoms with Crippen LogP contribution in [0.4, 0.5) is 0 Å². The second-order valence-corrected chi connectivity index (χ2v) is 4.75. The van der Waals surface area contributed by atoms with E-state index in [1.54, 1.807) is 7.11 Å². The maximum Gasteiger partial charge on any atom is 0.0589 e. The lowest BCUT2D eigenvalue weighted by atomic mass is 9.97. The monoisotopic (exact) mass is 204 g/mol. The highest BCUT2D eigenvalue weighted by molar-refractivity contribution is 7.99. The van der Waals surface area contributed by atoms with Crippen LogP contribution < -0.4 is 5.73 Å². The molecule has 0 bridgehead atoms. The van der Waals surface area contributed by atoms with Crippen molar-refractivity contribution in [2.75, 3.05) is 45.4 Å². The number of hydrogen-bond donors (Lipinski definition) is 1. The summed E-state index contributed by atoms with van der Waals surface area (Å²) in [6.07, 6.45) is 1.22. The first-order valence-electron chi connectivity index (χ1n) is 4.73. The van der Waals surface area contributed by atoms with Gasteiger partial charge in [0.2, 0.25) is 0 Å². The van der Waals surface area contributed by atoms with Crippen LogP contribution in [0.5, 0.6) is 0 Å². The fourth-order valence-electron chi connectivity index (χ4n) is 1.68. The van der Waals surface area contributed by atoms with E-state index in [1.165, 1.54) is 17.9 Å². The summed E-state index contributed by atoms with van der Waals surface area (Å²) in [4.78, 5) is 2.36. The van der Waals surface area contributed by atoms with E-state index in [-0.39, 0.29) is 5.54 Å². The molecule has 1 aliphatic rings. The third-order valence-corrected chi connectivity index (χ3v) is 4.14. The van der Waals surface area contributed by atoms with Crippen molar-refractivity contribution in [3.8, 4) is 0 Å². The molecule has 0 radical (unpaired) electrons. The number of thioether (sulfide) groups is 1. The Kier molecular flexibility index (Phi) is 4.52. The minimum absolute atomic E-state index is 0.239. The first-order valence-corrected chi connectivity index (χ1v) is 5.88. The lowest BCUT2D eigenvalue weighted by molar-refractivity contribution is 0.0985. The fourth-order valence-corrected chi connectivity index (χ4v) is 3.21. The minimum Gasteiger partial charge on any atom is -0.383 e. The van der Waals surface area contributed by atoms with Gasteiger partial charge in [0.05, 0.1) is 6.61 Å². The third-order valence-electron chi connectivity index (χ3n) is 2.90. The fraction of sp³-hybridized carbons (Fsp3) is 1.00. The van der Waals surface area contributed by atoms with E-state index in [0.717, 1.165) is 19.7 Å². The second kappa shape index (κ2) is 5.20. The number of rotatable bonds is 5. The number of hydrogen-bond acceptors (Lipinski definition) is 4. The summed E-state index contributed by atoms with van der Waals surface area (Å²) in [5, 5.41) is 0. The largest absolute Gasteiger partial charge is 0.383 e. The zero-order valence-electron chi connectivity index (χ0n) is 8.58. The van der Waals surface area contributed by atoms with Crippen LogP contribution in [0.15, 0.2) is 0 Å². The van der Waals surface area contributed by atoms with E-state index in [0.29, 0.717) is 0 Å². The molecule has 0 amide bonds. The van der Waals surface area contributed by atoms with Gasteiger partial charge in [0.1, 0.15) is 0 Å². The van der Waals surface area contributed by atoms with Gasteiger partial charge in [-0.15, -0.1) is 0 Å². The van der Waals surface area contributed by atoms with Gasteiger partial charge >= 0.3 is 0 Å². The van der Waals surface area contributed by atoms with E-state index in [9.17, 15) is 0 Å². The van der Waals surface area contributed by atoms with Crippen LogP contribution in [0.25, 0.3) is 0 Å². The molecule has 1 fully saturated rings. The van der Waals surface area contributed by atoms with E-state index in [2.05, 4.69) is 11.9 Å². The highest BCUT2D eigenvalue weighted by Crippen LogP contribution is 2.31.